The minimum Gasteiger partial charge on any atom is -0.451 e. The van der Waals surface area contributed by atoms with Crippen LogP contribution >= 0.6 is 0 Å². The molecule has 1 N–H and O–H groups in total. The molecule has 4 heteroatoms. The monoisotopic (exact) mass is 330 g/mol. The summed E-state index contributed by atoms with van der Waals surface area (Å²) < 4.78 is 5.37. The number of fused-ring (bicyclic) bond motifs is 3. The van der Waals surface area contributed by atoms with Crippen LogP contribution in [0.4, 0.5) is 0 Å². The van der Waals surface area contributed by atoms with Crippen LogP contribution in [-0.2, 0) is 14.3 Å². The number of hydrogen-bond acceptors (Lipinski definition) is 4. The second-order valence-corrected chi connectivity index (χ2v) is 8.88. The number of esters is 1. The Labute approximate surface area is 143 Å². The van der Waals surface area contributed by atoms with E-state index in [1.165, 1.54) is 6.42 Å². The van der Waals surface area contributed by atoms with Crippen molar-refractivity contribution in [2.45, 2.75) is 72.0 Å². The van der Waals surface area contributed by atoms with Gasteiger partial charge in [-0.25, -0.2) is 4.79 Å². The summed E-state index contributed by atoms with van der Waals surface area (Å²) in [6.07, 6.45) is 3.27. The van der Waals surface area contributed by atoms with Gasteiger partial charge in [0, 0.05) is 11.1 Å². The van der Waals surface area contributed by atoms with E-state index in [9.17, 15) is 14.7 Å². The van der Waals surface area contributed by atoms with Gasteiger partial charge in [-0.2, -0.15) is 0 Å². The predicted molar refractivity (Wildman–Crippen MR) is 89.1 cm³/mol. The summed E-state index contributed by atoms with van der Waals surface area (Å²) in [5.41, 5.74) is 2.40. The second-order valence-electron chi connectivity index (χ2n) is 8.88. The molecule has 4 rings (SSSR count). The fraction of sp³-hybridized carbons (Fsp3) is 0.700. The van der Waals surface area contributed by atoms with Crippen LogP contribution in [0.25, 0.3) is 0 Å². The predicted octanol–water partition coefficient (Wildman–Crippen LogP) is 3.09. The average molecular weight is 330 g/mol. The van der Waals surface area contributed by atoms with Crippen molar-refractivity contribution in [3.8, 4) is 0 Å². The molecule has 4 aliphatic rings. The van der Waals surface area contributed by atoms with Gasteiger partial charge in [0.1, 0.15) is 6.10 Å². The average Bonchev–Trinajstić information content (AvgIpc) is 2.79. The van der Waals surface area contributed by atoms with Crippen molar-refractivity contribution in [2.24, 2.45) is 16.7 Å². The Balaban J connectivity index is 1.88. The summed E-state index contributed by atoms with van der Waals surface area (Å²) in [4.78, 5) is 25.0. The lowest BCUT2D eigenvalue weighted by Crippen LogP contribution is -2.53. The summed E-state index contributed by atoms with van der Waals surface area (Å²) in [6, 6.07) is 0. The van der Waals surface area contributed by atoms with Crippen LogP contribution in [0.5, 0.6) is 0 Å². The molecule has 0 aromatic carbocycles. The van der Waals surface area contributed by atoms with E-state index >= 15 is 0 Å². The molecular weight excluding hydrogens is 304 g/mol. The second kappa shape index (κ2) is 4.81. The fourth-order valence-corrected chi connectivity index (χ4v) is 6.10. The first-order valence-corrected chi connectivity index (χ1v) is 9.06. The molecule has 0 saturated heterocycles. The zero-order valence-corrected chi connectivity index (χ0v) is 14.9. The molecule has 1 fully saturated rings. The first-order chi connectivity index (χ1) is 11.2. The van der Waals surface area contributed by atoms with E-state index in [0.29, 0.717) is 23.5 Å². The number of Topliss-reactive ketones (excluding diaryl/α,β-unsaturated/α-hetero) is 1. The molecular formula is C20H26O4. The topological polar surface area (TPSA) is 63.6 Å². The molecule has 130 valence electrons. The summed E-state index contributed by atoms with van der Waals surface area (Å²) in [7, 11) is 0. The Kier molecular flexibility index (Phi) is 3.22. The van der Waals surface area contributed by atoms with Gasteiger partial charge in [-0.1, -0.05) is 27.2 Å². The van der Waals surface area contributed by atoms with Crippen molar-refractivity contribution >= 4 is 11.8 Å². The van der Waals surface area contributed by atoms with Crippen LogP contribution in [-0.4, -0.2) is 29.1 Å². The smallest absolute Gasteiger partial charge is 0.335 e. The van der Waals surface area contributed by atoms with E-state index in [0.717, 1.165) is 30.4 Å². The number of allylic oxidation sites excluding steroid dienone is 1. The highest BCUT2D eigenvalue weighted by atomic mass is 16.6. The highest BCUT2D eigenvalue weighted by molar-refractivity contribution is 6.16. The van der Waals surface area contributed by atoms with Crippen LogP contribution in [0.3, 0.4) is 0 Å². The Morgan fingerprint density at radius 3 is 2.58 bits per heavy atom. The van der Waals surface area contributed by atoms with E-state index in [1.54, 1.807) is 6.92 Å². The van der Waals surface area contributed by atoms with Crippen LogP contribution in [0, 0.1) is 16.7 Å². The highest BCUT2D eigenvalue weighted by Crippen LogP contribution is 2.62. The number of ketones is 1. The molecule has 0 unspecified atom stereocenters. The van der Waals surface area contributed by atoms with Gasteiger partial charge in [-0.15, -0.1) is 0 Å². The van der Waals surface area contributed by atoms with Crippen molar-refractivity contribution in [2.75, 3.05) is 0 Å². The molecule has 1 aliphatic heterocycles. The van der Waals surface area contributed by atoms with Crippen molar-refractivity contribution in [1.82, 2.24) is 0 Å². The van der Waals surface area contributed by atoms with Crippen molar-refractivity contribution < 1.29 is 19.4 Å². The van der Waals surface area contributed by atoms with Gasteiger partial charge < -0.3 is 9.84 Å². The highest BCUT2D eigenvalue weighted by Gasteiger charge is 2.58. The maximum atomic E-state index is 13.1. The zero-order chi connectivity index (χ0) is 17.4. The number of ether oxygens (including phenoxy) is 1. The number of aliphatic hydroxyl groups is 1. The number of hydrogen-bond donors (Lipinski definition) is 1. The quantitative estimate of drug-likeness (QED) is 0.693. The van der Waals surface area contributed by atoms with Gasteiger partial charge in [0.05, 0.1) is 5.57 Å². The molecule has 0 radical (unpaired) electrons. The lowest BCUT2D eigenvalue weighted by molar-refractivity contribution is -0.144. The Hall–Kier alpha value is -1.42. The molecule has 4 atom stereocenters. The molecule has 4 nitrogen and oxygen atoms in total. The first-order valence-electron chi connectivity index (χ1n) is 9.06. The maximum Gasteiger partial charge on any atom is 0.335 e. The normalized spacial score (nSPS) is 41.0. The van der Waals surface area contributed by atoms with Gasteiger partial charge in [-0.3, -0.25) is 4.79 Å². The SMILES string of the molecule is CC1=C2C(=O)C3=C([C@@H](O)[C@H]2OC1=O)[C@]1(C)CCCC(C)(C)[C@H]1CC3. The summed E-state index contributed by atoms with van der Waals surface area (Å²) in [6.45, 7) is 8.46. The third-order valence-electron chi connectivity index (χ3n) is 7.18. The summed E-state index contributed by atoms with van der Waals surface area (Å²) in [5, 5.41) is 11.1. The number of rotatable bonds is 0. The lowest BCUT2D eigenvalue weighted by atomic mass is 9.48. The lowest BCUT2D eigenvalue weighted by Gasteiger charge is -2.57. The minimum absolute atomic E-state index is 0.0632. The molecule has 0 aromatic rings. The molecule has 3 aliphatic carbocycles. The van der Waals surface area contributed by atoms with Gasteiger partial charge in [0.25, 0.3) is 0 Å². The largest absolute Gasteiger partial charge is 0.451 e. The van der Waals surface area contributed by atoms with Crippen molar-refractivity contribution in [3.63, 3.8) is 0 Å². The Morgan fingerprint density at radius 2 is 1.88 bits per heavy atom. The van der Waals surface area contributed by atoms with E-state index in [2.05, 4.69) is 20.8 Å². The van der Waals surface area contributed by atoms with Crippen molar-refractivity contribution in [1.29, 1.82) is 0 Å². The molecule has 0 aromatic heterocycles. The third kappa shape index (κ3) is 1.83. The van der Waals surface area contributed by atoms with Crippen LogP contribution in [0.2, 0.25) is 0 Å². The van der Waals surface area contributed by atoms with Gasteiger partial charge in [0.15, 0.2) is 11.9 Å². The van der Waals surface area contributed by atoms with Gasteiger partial charge in [0.2, 0.25) is 0 Å². The molecule has 24 heavy (non-hydrogen) atoms. The van der Waals surface area contributed by atoms with Crippen LogP contribution in [0.1, 0.15) is 59.8 Å². The van der Waals surface area contributed by atoms with Crippen LogP contribution in [0.15, 0.2) is 22.3 Å². The van der Waals surface area contributed by atoms with E-state index in [-0.39, 0.29) is 16.6 Å². The molecule has 1 saturated carbocycles. The zero-order valence-electron chi connectivity index (χ0n) is 14.9. The fourth-order valence-electron chi connectivity index (χ4n) is 6.10. The summed E-state index contributed by atoms with van der Waals surface area (Å²) >= 11 is 0. The third-order valence-corrected chi connectivity index (χ3v) is 7.18. The number of aliphatic hydroxyl groups excluding tert-OH is 1. The molecule has 0 bridgehead atoms. The van der Waals surface area contributed by atoms with E-state index in [4.69, 9.17) is 4.74 Å². The Bertz CT molecular complexity index is 711. The van der Waals surface area contributed by atoms with Gasteiger partial charge >= 0.3 is 5.97 Å². The van der Waals surface area contributed by atoms with Crippen LogP contribution < -0.4 is 0 Å². The van der Waals surface area contributed by atoms with E-state index < -0.39 is 18.2 Å². The van der Waals surface area contributed by atoms with Gasteiger partial charge in [-0.05, 0) is 54.9 Å². The number of carbonyl (C=O) groups excluding carboxylic acids is 2. The molecule has 1 heterocycles. The number of carbonyl (C=O) groups is 2. The molecule has 0 spiro atoms. The van der Waals surface area contributed by atoms with Crippen molar-refractivity contribution in [3.05, 3.63) is 22.3 Å². The maximum absolute atomic E-state index is 13.1. The first kappa shape index (κ1) is 16.1. The minimum atomic E-state index is -0.879. The standard InChI is InChI=1S/C20H26O4/c1-10-13-15(21)11-6-7-12-19(2,3)8-5-9-20(12,4)14(11)16(22)17(13)24-18(10)23/h12,16-17,22H,5-9H2,1-4H3/t12-,16-,17+,20-/m1/s1. The molecule has 0 amide bonds. The summed E-state index contributed by atoms with van der Waals surface area (Å²) in [5.74, 6) is -0.0803. The Morgan fingerprint density at radius 1 is 1.17 bits per heavy atom. The van der Waals surface area contributed by atoms with E-state index in [1.807, 2.05) is 0 Å².